The van der Waals surface area contributed by atoms with E-state index in [2.05, 4.69) is 11.9 Å². The Hall–Kier alpha value is -2.41. The molecular weight excluding hydrogens is 330 g/mol. The van der Waals surface area contributed by atoms with Crippen molar-refractivity contribution >= 4 is 40.5 Å². The number of nitrogen functional groups attached to an aromatic ring is 2. The Morgan fingerprint density at radius 1 is 1.25 bits per heavy atom. The van der Waals surface area contributed by atoms with Gasteiger partial charge in [0, 0.05) is 26.2 Å². The first-order valence-corrected chi connectivity index (χ1v) is 8.00. The van der Waals surface area contributed by atoms with Gasteiger partial charge in [-0.25, -0.2) is 0 Å². The number of nitrogens with two attached hydrogens (primary N) is 2. The van der Waals surface area contributed by atoms with Gasteiger partial charge in [-0.2, -0.15) is 0 Å². The predicted octanol–water partition coefficient (Wildman–Crippen LogP) is 1.08. The normalized spacial score (nSPS) is 14.4. The van der Waals surface area contributed by atoms with E-state index < -0.39 is 0 Å². The van der Waals surface area contributed by atoms with Gasteiger partial charge in [0.05, 0.1) is 28.6 Å². The third-order valence-electron chi connectivity index (χ3n) is 4.09. The maximum Gasteiger partial charge on any atom is 0.246 e. The van der Waals surface area contributed by atoms with Crippen LogP contribution in [0, 0.1) is 6.92 Å². The molecule has 1 aliphatic heterocycles. The summed E-state index contributed by atoms with van der Waals surface area (Å²) in [6.45, 7) is 7.42. The molecule has 1 fully saturated rings. The number of nitrogens with one attached hydrogen (secondary N) is 1. The van der Waals surface area contributed by atoms with E-state index in [9.17, 15) is 9.59 Å². The van der Waals surface area contributed by atoms with Crippen LogP contribution in [0.5, 0.6) is 0 Å². The van der Waals surface area contributed by atoms with Crippen molar-refractivity contribution in [3.05, 3.63) is 29.3 Å². The molecule has 0 spiro atoms. The zero-order valence-corrected chi connectivity index (χ0v) is 14.4. The van der Waals surface area contributed by atoms with E-state index in [0.717, 1.165) is 5.56 Å². The number of aryl methyl sites for hydroxylation is 1. The van der Waals surface area contributed by atoms with E-state index in [1.54, 1.807) is 15.9 Å². The number of carbonyl (C=O) groups is 2. The summed E-state index contributed by atoms with van der Waals surface area (Å²) < 4.78 is 0. The zero-order chi connectivity index (χ0) is 17.9. The number of hydrogen-bond acceptors (Lipinski definition) is 5. The Morgan fingerprint density at radius 3 is 2.42 bits per heavy atom. The smallest absolute Gasteiger partial charge is 0.246 e. The van der Waals surface area contributed by atoms with Crippen LogP contribution in [0.15, 0.2) is 18.7 Å². The molecule has 2 rings (SSSR count). The van der Waals surface area contributed by atoms with Crippen molar-refractivity contribution in [3.8, 4) is 0 Å². The van der Waals surface area contributed by atoms with Crippen molar-refractivity contribution in [1.29, 1.82) is 0 Å². The molecule has 0 saturated carbocycles. The quantitative estimate of drug-likeness (QED) is 0.556. The summed E-state index contributed by atoms with van der Waals surface area (Å²) in [4.78, 5) is 27.3. The average Bonchev–Trinajstić information content (AvgIpc) is 2.59. The Morgan fingerprint density at radius 2 is 1.83 bits per heavy atom. The van der Waals surface area contributed by atoms with Crippen LogP contribution in [-0.4, -0.2) is 54.3 Å². The number of anilines is 3. The Kier molecular flexibility index (Phi) is 5.56. The first-order chi connectivity index (χ1) is 11.3. The number of halogens is 1. The monoisotopic (exact) mass is 351 g/mol. The van der Waals surface area contributed by atoms with Gasteiger partial charge in [-0.1, -0.05) is 18.2 Å². The lowest BCUT2D eigenvalue weighted by Crippen LogP contribution is -2.51. The summed E-state index contributed by atoms with van der Waals surface area (Å²) in [6, 6.07) is 1.71. The van der Waals surface area contributed by atoms with Gasteiger partial charge in [-0.05, 0) is 24.6 Å². The minimum atomic E-state index is -0.111. The summed E-state index contributed by atoms with van der Waals surface area (Å²) in [7, 11) is 0. The minimum Gasteiger partial charge on any atom is -0.396 e. The Labute approximate surface area is 146 Å². The molecule has 8 heteroatoms. The summed E-state index contributed by atoms with van der Waals surface area (Å²) in [5.74, 6) is -0.173. The first-order valence-electron chi connectivity index (χ1n) is 7.62. The van der Waals surface area contributed by atoms with Gasteiger partial charge in [0.25, 0.3) is 0 Å². The number of hydrogen-bond donors (Lipinski definition) is 3. The molecule has 5 N–H and O–H groups in total. The van der Waals surface area contributed by atoms with Crippen molar-refractivity contribution in [2.45, 2.75) is 6.92 Å². The highest BCUT2D eigenvalue weighted by atomic mass is 35.5. The first kappa shape index (κ1) is 17.9. The van der Waals surface area contributed by atoms with Crippen molar-refractivity contribution in [1.82, 2.24) is 9.80 Å². The summed E-state index contributed by atoms with van der Waals surface area (Å²) >= 11 is 5.98. The molecule has 0 aliphatic carbocycles. The number of piperazine rings is 1. The number of rotatable bonds is 4. The predicted molar refractivity (Wildman–Crippen MR) is 96.9 cm³/mol. The van der Waals surface area contributed by atoms with Crippen LogP contribution in [0.2, 0.25) is 5.02 Å². The van der Waals surface area contributed by atoms with Crippen molar-refractivity contribution in [2.75, 3.05) is 49.5 Å². The van der Waals surface area contributed by atoms with E-state index in [0.29, 0.717) is 48.3 Å². The molecule has 0 atom stereocenters. The molecule has 2 amide bonds. The molecule has 1 aliphatic rings. The van der Waals surface area contributed by atoms with Crippen LogP contribution >= 0.6 is 11.6 Å². The van der Waals surface area contributed by atoms with E-state index in [4.69, 9.17) is 23.1 Å². The molecule has 0 radical (unpaired) electrons. The van der Waals surface area contributed by atoms with Crippen molar-refractivity contribution in [3.63, 3.8) is 0 Å². The van der Waals surface area contributed by atoms with Gasteiger partial charge in [0.15, 0.2) is 0 Å². The lowest BCUT2D eigenvalue weighted by atomic mass is 10.1. The maximum atomic E-state index is 12.3. The molecule has 24 heavy (non-hydrogen) atoms. The van der Waals surface area contributed by atoms with Gasteiger partial charge < -0.3 is 26.6 Å². The minimum absolute atomic E-state index is 0.0620. The van der Waals surface area contributed by atoms with E-state index in [1.807, 2.05) is 6.92 Å². The van der Waals surface area contributed by atoms with Crippen LogP contribution in [0.25, 0.3) is 0 Å². The lowest BCUT2D eigenvalue weighted by Gasteiger charge is -2.34. The maximum absolute atomic E-state index is 12.3. The molecule has 1 aromatic carbocycles. The third kappa shape index (κ3) is 3.73. The molecule has 0 aromatic heterocycles. The number of nitrogens with zero attached hydrogens (tertiary/aromatic N) is 2. The molecule has 0 bridgehead atoms. The second kappa shape index (κ2) is 7.44. The van der Waals surface area contributed by atoms with Crippen molar-refractivity contribution < 1.29 is 9.59 Å². The van der Waals surface area contributed by atoms with Gasteiger partial charge in [0.1, 0.15) is 0 Å². The van der Waals surface area contributed by atoms with Gasteiger partial charge in [-0.3, -0.25) is 9.59 Å². The Bertz CT molecular complexity index is 669. The SMILES string of the molecule is C=CC(=O)N1CCN(C(=O)CNc2c(C)cc(Cl)c(N)c2N)CC1. The number of benzene rings is 1. The largest absolute Gasteiger partial charge is 0.396 e. The van der Waals surface area contributed by atoms with Crippen LogP contribution in [-0.2, 0) is 9.59 Å². The second-order valence-electron chi connectivity index (χ2n) is 5.64. The standard InChI is InChI=1S/C16H22ClN5O2/c1-3-12(23)21-4-6-22(7-5-21)13(24)9-20-16-10(2)8-11(17)14(18)15(16)19/h3,8,20H,1,4-7,9,18-19H2,2H3. The highest BCUT2D eigenvalue weighted by molar-refractivity contribution is 6.34. The van der Waals surface area contributed by atoms with E-state index >= 15 is 0 Å². The summed E-state index contributed by atoms with van der Waals surface area (Å²) in [6.07, 6.45) is 1.29. The van der Waals surface area contributed by atoms with Crippen LogP contribution < -0.4 is 16.8 Å². The van der Waals surface area contributed by atoms with Crippen LogP contribution in [0.1, 0.15) is 5.56 Å². The molecular formula is C16H22ClN5O2. The van der Waals surface area contributed by atoms with Gasteiger partial charge >= 0.3 is 0 Å². The molecule has 1 aromatic rings. The van der Waals surface area contributed by atoms with Crippen LogP contribution in [0.3, 0.4) is 0 Å². The number of carbonyl (C=O) groups excluding carboxylic acids is 2. The summed E-state index contributed by atoms with van der Waals surface area (Å²) in [5.41, 5.74) is 13.9. The summed E-state index contributed by atoms with van der Waals surface area (Å²) in [5, 5.41) is 3.43. The average molecular weight is 352 g/mol. The topological polar surface area (TPSA) is 105 Å². The Balaban J connectivity index is 1.94. The second-order valence-corrected chi connectivity index (χ2v) is 6.05. The van der Waals surface area contributed by atoms with E-state index in [-0.39, 0.29) is 18.4 Å². The molecule has 7 nitrogen and oxygen atoms in total. The fourth-order valence-corrected chi connectivity index (χ4v) is 2.90. The number of amides is 2. The molecule has 1 saturated heterocycles. The van der Waals surface area contributed by atoms with Gasteiger partial charge in [0.2, 0.25) is 11.8 Å². The third-order valence-corrected chi connectivity index (χ3v) is 4.40. The van der Waals surface area contributed by atoms with Crippen molar-refractivity contribution in [2.24, 2.45) is 0 Å². The van der Waals surface area contributed by atoms with Gasteiger partial charge in [-0.15, -0.1) is 0 Å². The molecule has 0 unspecified atom stereocenters. The fourth-order valence-electron chi connectivity index (χ4n) is 2.63. The zero-order valence-electron chi connectivity index (χ0n) is 13.6. The highest BCUT2D eigenvalue weighted by Crippen LogP contribution is 2.34. The molecule has 1 heterocycles. The fraction of sp³-hybridized carbons (Fsp3) is 0.375. The lowest BCUT2D eigenvalue weighted by molar-refractivity contribution is -0.135. The van der Waals surface area contributed by atoms with Crippen LogP contribution in [0.4, 0.5) is 17.1 Å². The highest BCUT2D eigenvalue weighted by Gasteiger charge is 2.23. The van der Waals surface area contributed by atoms with E-state index in [1.165, 1.54) is 6.08 Å². The molecule has 130 valence electrons.